The van der Waals surface area contributed by atoms with Crippen molar-refractivity contribution in [2.24, 2.45) is 5.92 Å². The molecule has 2 saturated heterocycles. The third-order valence-corrected chi connectivity index (χ3v) is 6.53. The van der Waals surface area contributed by atoms with Crippen LogP contribution in [-0.4, -0.2) is 73.0 Å². The molecule has 3 amide bonds. The quantitative estimate of drug-likeness (QED) is 0.733. The highest BCUT2D eigenvalue weighted by atomic mass is 19.1. The van der Waals surface area contributed by atoms with Gasteiger partial charge < -0.3 is 19.9 Å². The molecule has 1 atom stereocenters. The predicted octanol–water partition coefficient (Wildman–Crippen LogP) is 2.64. The number of hydrogen-bond acceptors (Lipinski definition) is 4. The van der Waals surface area contributed by atoms with E-state index < -0.39 is 11.9 Å². The van der Waals surface area contributed by atoms with E-state index in [1.54, 1.807) is 28.0 Å². The maximum Gasteiger partial charge on any atom is 0.253 e. The second kappa shape index (κ2) is 10.8. The van der Waals surface area contributed by atoms with Crippen molar-refractivity contribution in [2.45, 2.75) is 25.8 Å². The molecule has 0 aromatic heterocycles. The number of halogens is 1. The number of benzene rings is 2. The van der Waals surface area contributed by atoms with Gasteiger partial charge in [0.05, 0.1) is 13.2 Å². The Kier molecular flexibility index (Phi) is 7.57. The Hall–Kier alpha value is -3.26. The summed E-state index contributed by atoms with van der Waals surface area (Å²) >= 11 is 0. The molecule has 0 radical (unpaired) electrons. The third-order valence-electron chi connectivity index (χ3n) is 6.53. The number of piperidine rings is 1. The van der Waals surface area contributed by atoms with Gasteiger partial charge in [0.15, 0.2) is 0 Å². The summed E-state index contributed by atoms with van der Waals surface area (Å²) in [6.45, 7) is 4.73. The first kappa shape index (κ1) is 23.9. The lowest BCUT2D eigenvalue weighted by atomic mass is 9.87. The average molecular weight is 468 g/mol. The molecule has 8 heteroatoms. The first-order valence-electron chi connectivity index (χ1n) is 11.7. The van der Waals surface area contributed by atoms with Crippen molar-refractivity contribution in [1.82, 2.24) is 15.1 Å². The van der Waals surface area contributed by atoms with Crippen molar-refractivity contribution in [3.05, 3.63) is 71.0 Å². The van der Waals surface area contributed by atoms with Crippen molar-refractivity contribution in [3.63, 3.8) is 0 Å². The van der Waals surface area contributed by atoms with E-state index in [-0.39, 0.29) is 23.6 Å². The molecule has 0 aliphatic carbocycles. The number of morpholine rings is 1. The summed E-state index contributed by atoms with van der Waals surface area (Å²) < 4.78 is 18.9. The van der Waals surface area contributed by atoms with Crippen LogP contribution in [0.5, 0.6) is 0 Å². The van der Waals surface area contributed by atoms with E-state index in [0.29, 0.717) is 63.4 Å². The van der Waals surface area contributed by atoms with Crippen molar-refractivity contribution >= 4 is 17.7 Å². The van der Waals surface area contributed by atoms with E-state index >= 15 is 0 Å². The van der Waals surface area contributed by atoms with E-state index in [2.05, 4.69) is 5.32 Å². The van der Waals surface area contributed by atoms with Gasteiger partial charge in [0, 0.05) is 37.3 Å². The van der Waals surface area contributed by atoms with E-state index in [4.69, 9.17) is 4.74 Å². The molecule has 0 bridgehead atoms. The minimum absolute atomic E-state index is 0.110. The van der Waals surface area contributed by atoms with Gasteiger partial charge in [-0.15, -0.1) is 0 Å². The standard InChI is InChI=1S/C26H30FN3O4/c1-18-4-2-5-20(16-18)24(31)28-23(26(33)30-12-14-34-15-13-30)19-8-10-29(11-9-19)25(32)21-6-3-7-22(27)17-21/h2-7,16-17,19,23H,8-15H2,1H3,(H,28,31)/t23-/m1/s1. The number of amides is 3. The highest BCUT2D eigenvalue weighted by Crippen LogP contribution is 2.24. The summed E-state index contributed by atoms with van der Waals surface area (Å²) in [5.74, 6) is -1.18. The fraction of sp³-hybridized carbons (Fsp3) is 0.423. The Morgan fingerprint density at radius 2 is 1.62 bits per heavy atom. The molecular formula is C26H30FN3O4. The van der Waals surface area contributed by atoms with Crippen molar-refractivity contribution in [1.29, 1.82) is 0 Å². The summed E-state index contributed by atoms with van der Waals surface area (Å²) in [7, 11) is 0. The number of nitrogens with zero attached hydrogens (tertiary/aromatic N) is 2. The first-order chi connectivity index (χ1) is 16.4. The maximum absolute atomic E-state index is 13.6. The number of carbonyl (C=O) groups excluding carboxylic acids is 3. The number of rotatable bonds is 5. The Morgan fingerprint density at radius 3 is 2.29 bits per heavy atom. The third kappa shape index (κ3) is 5.62. The van der Waals surface area contributed by atoms with E-state index in [1.807, 2.05) is 19.1 Å². The second-order valence-corrected chi connectivity index (χ2v) is 8.90. The predicted molar refractivity (Wildman–Crippen MR) is 125 cm³/mol. The van der Waals surface area contributed by atoms with Crippen LogP contribution in [0.1, 0.15) is 39.1 Å². The van der Waals surface area contributed by atoms with Crippen LogP contribution in [0, 0.1) is 18.7 Å². The summed E-state index contributed by atoms with van der Waals surface area (Å²) in [6, 6.07) is 12.3. The monoisotopic (exact) mass is 467 g/mol. The lowest BCUT2D eigenvalue weighted by Crippen LogP contribution is -2.56. The minimum Gasteiger partial charge on any atom is -0.378 e. The molecule has 2 aliphatic heterocycles. The van der Waals surface area contributed by atoms with Gasteiger partial charge >= 0.3 is 0 Å². The molecule has 2 aromatic rings. The van der Waals surface area contributed by atoms with Gasteiger partial charge in [-0.2, -0.15) is 0 Å². The summed E-state index contributed by atoms with van der Waals surface area (Å²) in [5.41, 5.74) is 1.79. The van der Waals surface area contributed by atoms with Gasteiger partial charge in [-0.1, -0.05) is 23.8 Å². The molecule has 2 fully saturated rings. The lowest BCUT2D eigenvalue weighted by molar-refractivity contribution is -0.139. The molecule has 1 N–H and O–H groups in total. The SMILES string of the molecule is Cc1cccc(C(=O)N[C@@H](C(=O)N2CCOCC2)C2CCN(C(=O)c3cccc(F)c3)CC2)c1. The number of aryl methyl sites for hydroxylation is 1. The average Bonchev–Trinajstić information content (AvgIpc) is 2.87. The van der Waals surface area contributed by atoms with Crippen LogP contribution in [0.2, 0.25) is 0 Å². The molecule has 2 heterocycles. The van der Waals surface area contributed by atoms with Gasteiger partial charge in [0.2, 0.25) is 5.91 Å². The van der Waals surface area contributed by atoms with E-state index in [0.717, 1.165) is 5.56 Å². The lowest BCUT2D eigenvalue weighted by Gasteiger charge is -2.38. The van der Waals surface area contributed by atoms with Crippen molar-refractivity contribution in [3.8, 4) is 0 Å². The highest BCUT2D eigenvalue weighted by Gasteiger charge is 2.36. The van der Waals surface area contributed by atoms with Gasteiger partial charge in [-0.3, -0.25) is 14.4 Å². The number of likely N-dealkylation sites (tertiary alicyclic amines) is 1. The van der Waals surface area contributed by atoms with Crippen LogP contribution in [0.4, 0.5) is 4.39 Å². The summed E-state index contributed by atoms with van der Waals surface area (Å²) in [6.07, 6.45) is 1.13. The fourth-order valence-corrected chi connectivity index (χ4v) is 4.61. The normalized spacial score (nSPS) is 17.8. The first-order valence-corrected chi connectivity index (χ1v) is 11.7. The molecule has 7 nitrogen and oxygen atoms in total. The molecule has 180 valence electrons. The van der Waals surface area contributed by atoms with Crippen LogP contribution in [-0.2, 0) is 9.53 Å². The Labute approximate surface area is 198 Å². The molecule has 2 aromatic carbocycles. The molecule has 0 spiro atoms. The van der Waals surface area contributed by atoms with Crippen LogP contribution >= 0.6 is 0 Å². The van der Waals surface area contributed by atoms with E-state index in [1.165, 1.54) is 18.2 Å². The summed E-state index contributed by atoms with van der Waals surface area (Å²) in [4.78, 5) is 42.7. The Bertz CT molecular complexity index is 1050. The second-order valence-electron chi connectivity index (χ2n) is 8.90. The maximum atomic E-state index is 13.6. The molecule has 34 heavy (non-hydrogen) atoms. The van der Waals surface area contributed by atoms with Crippen LogP contribution in [0.3, 0.4) is 0 Å². The molecule has 4 rings (SSSR count). The number of hydrogen-bond donors (Lipinski definition) is 1. The fourth-order valence-electron chi connectivity index (χ4n) is 4.61. The van der Waals surface area contributed by atoms with Gasteiger partial charge in [0.25, 0.3) is 11.8 Å². The molecule has 2 aliphatic rings. The molecule has 0 saturated carbocycles. The van der Waals surface area contributed by atoms with Gasteiger partial charge in [0.1, 0.15) is 11.9 Å². The van der Waals surface area contributed by atoms with Crippen molar-refractivity contribution < 1.29 is 23.5 Å². The Balaban J connectivity index is 1.47. The topological polar surface area (TPSA) is 79.0 Å². The number of carbonyl (C=O) groups is 3. The smallest absolute Gasteiger partial charge is 0.253 e. The molecular weight excluding hydrogens is 437 g/mol. The summed E-state index contributed by atoms with van der Waals surface area (Å²) in [5, 5.41) is 2.99. The Morgan fingerprint density at radius 1 is 0.941 bits per heavy atom. The minimum atomic E-state index is -0.683. The molecule has 0 unspecified atom stereocenters. The highest BCUT2D eigenvalue weighted by molar-refractivity contribution is 5.98. The number of nitrogens with one attached hydrogen (secondary N) is 1. The van der Waals surface area contributed by atoms with E-state index in [9.17, 15) is 18.8 Å². The zero-order valence-corrected chi connectivity index (χ0v) is 19.3. The zero-order valence-electron chi connectivity index (χ0n) is 19.3. The van der Waals surface area contributed by atoms with Crippen LogP contribution < -0.4 is 5.32 Å². The van der Waals surface area contributed by atoms with Crippen LogP contribution in [0.15, 0.2) is 48.5 Å². The zero-order chi connectivity index (χ0) is 24.1. The van der Waals surface area contributed by atoms with Crippen LogP contribution in [0.25, 0.3) is 0 Å². The number of ether oxygens (including phenoxy) is 1. The largest absolute Gasteiger partial charge is 0.378 e. The van der Waals surface area contributed by atoms with Gasteiger partial charge in [-0.25, -0.2) is 4.39 Å². The van der Waals surface area contributed by atoms with Gasteiger partial charge in [-0.05, 0) is 56.0 Å². The van der Waals surface area contributed by atoms with Crippen molar-refractivity contribution in [2.75, 3.05) is 39.4 Å².